The molecule has 0 aliphatic carbocycles. The number of piperidine rings is 1. The topological polar surface area (TPSA) is 71.4 Å². The fraction of sp³-hybridized carbons (Fsp3) is 0.429. The molecular weight excluding hydrogens is 346 g/mol. The molecule has 1 fully saturated rings. The van der Waals surface area contributed by atoms with Crippen LogP contribution in [0.3, 0.4) is 0 Å². The number of hydrogen-bond donors (Lipinski definition) is 2. The zero-order chi connectivity index (χ0) is 19.1. The average molecular weight is 373 g/mol. The normalized spacial score (nSPS) is 23.3. The molecule has 0 saturated carbocycles. The lowest BCUT2D eigenvalue weighted by Crippen LogP contribution is -2.54. The van der Waals surface area contributed by atoms with Crippen LogP contribution in [0.1, 0.15) is 11.1 Å². The Morgan fingerprint density at radius 2 is 1.67 bits per heavy atom. The summed E-state index contributed by atoms with van der Waals surface area (Å²) in [5, 5.41) is 21.9. The highest BCUT2D eigenvalue weighted by Gasteiger charge is 2.36. The molecule has 1 heterocycles. The number of hydroxylamine groups is 2. The zero-order valence-electron chi connectivity index (χ0n) is 15.5. The molecule has 1 aliphatic heterocycles. The van der Waals surface area contributed by atoms with Crippen molar-refractivity contribution in [1.82, 2.24) is 5.06 Å². The first-order valence-corrected chi connectivity index (χ1v) is 9.15. The third-order valence-electron chi connectivity index (χ3n) is 4.80. The average Bonchev–Trinajstić information content (AvgIpc) is 2.73. The summed E-state index contributed by atoms with van der Waals surface area (Å²) in [6.07, 6.45) is -1.15. The number of aliphatic hydroxyl groups is 2. The summed E-state index contributed by atoms with van der Waals surface area (Å²) in [5.74, 6) is 0.491. The summed E-state index contributed by atoms with van der Waals surface area (Å²) in [6.45, 7) is 1.60. The molecular formula is C21H27NO5. The minimum atomic E-state index is -0.723. The van der Waals surface area contributed by atoms with Crippen molar-refractivity contribution in [3.8, 4) is 5.75 Å². The Morgan fingerprint density at radius 3 is 2.33 bits per heavy atom. The van der Waals surface area contributed by atoms with Crippen LogP contribution >= 0.6 is 0 Å². The molecule has 0 spiro atoms. The SMILES string of the molecule is COc1ccc(CON2C[C@H](CO)[C@@H](O)[C@H](OCc3ccccc3)C2)cc1. The van der Waals surface area contributed by atoms with Gasteiger partial charge in [-0.1, -0.05) is 42.5 Å². The molecule has 0 radical (unpaired) electrons. The molecule has 0 amide bonds. The minimum absolute atomic E-state index is 0.116. The number of hydrogen-bond acceptors (Lipinski definition) is 6. The molecule has 3 atom stereocenters. The molecule has 1 aliphatic rings. The monoisotopic (exact) mass is 373 g/mol. The van der Waals surface area contributed by atoms with Crippen LogP contribution in [0.25, 0.3) is 0 Å². The summed E-state index contributed by atoms with van der Waals surface area (Å²) >= 11 is 0. The van der Waals surface area contributed by atoms with E-state index in [2.05, 4.69) is 0 Å². The van der Waals surface area contributed by atoms with Crippen molar-refractivity contribution in [1.29, 1.82) is 0 Å². The van der Waals surface area contributed by atoms with E-state index in [0.717, 1.165) is 16.9 Å². The van der Waals surface area contributed by atoms with Gasteiger partial charge in [0.05, 0.1) is 39.1 Å². The summed E-state index contributed by atoms with van der Waals surface area (Å²) in [6, 6.07) is 17.5. The van der Waals surface area contributed by atoms with Crippen LogP contribution in [-0.2, 0) is 22.8 Å². The van der Waals surface area contributed by atoms with Gasteiger partial charge in [-0.2, -0.15) is 5.06 Å². The minimum Gasteiger partial charge on any atom is -0.497 e. The second-order valence-corrected chi connectivity index (χ2v) is 6.74. The Hall–Kier alpha value is -1.96. The molecule has 0 aromatic heterocycles. The highest BCUT2D eigenvalue weighted by Crippen LogP contribution is 2.22. The van der Waals surface area contributed by atoms with Crippen molar-refractivity contribution < 1.29 is 24.5 Å². The van der Waals surface area contributed by atoms with Crippen LogP contribution in [0.15, 0.2) is 54.6 Å². The fourth-order valence-electron chi connectivity index (χ4n) is 3.14. The third-order valence-corrected chi connectivity index (χ3v) is 4.80. The van der Waals surface area contributed by atoms with Crippen LogP contribution in [0.4, 0.5) is 0 Å². The van der Waals surface area contributed by atoms with Gasteiger partial charge in [0.1, 0.15) is 5.75 Å². The van der Waals surface area contributed by atoms with E-state index in [0.29, 0.717) is 26.3 Å². The van der Waals surface area contributed by atoms with Crippen LogP contribution in [0.2, 0.25) is 0 Å². The highest BCUT2D eigenvalue weighted by atomic mass is 16.7. The number of nitrogens with zero attached hydrogens (tertiary/aromatic N) is 1. The number of benzene rings is 2. The van der Waals surface area contributed by atoms with E-state index in [-0.39, 0.29) is 12.5 Å². The van der Waals surface area contributed by atoms with Gasteiger partial charge in [-0.15, -0.1) is 0 Å². The number of rotatable bonds is 8. The first kappa shape index (κ1) is 19.8. The molecule has 6 heteroatoms. The molecule has 1 saturated heterocycles. The largest absolute Gasteiger partial charge is 0.497 e. The van der Waals surface area contributed by atoms with Gasteiger partial charge >= 0.3 is 0 Å². The van der Waals surface area contributed by atoms with E-state index >= 15 is 0 Å². The van der Waals surface area contributed by atoms with E-state index in [1.165, 1.54) is 0 Å². The zero-order valence-corrected chi connectivity index (χ0v) is 15.5. The van der Waals surface area contributed by atoms with Crippen LogP contribution in [0.5, 0.6) is 5.75 Å². The molecule has 2 aromatic rings. The lowest BCUT2D eigenvalue weighted by atomic mass is 9.94. The van der Waals surface area contributed by atoms with Crippen LogP contribution in [0, 0.1) is 5.92 Å². The predicted octanol–water partition coefficient (Wildman–Crippen LogP) is 2.00. The van der Waals surface area contributed by atoms with Gasteiger partial charge in [-0.05, 0) is 23.3 Å². The second kappa shape index (κ2) is 9.82. The molecule has 146 valence electrons. The Morgan fingerprint density at radius 1 is 0.963 bits per heavy atom. The van der Waals surface area contributed by atoms with Gasteiger partial charge in [0.2, 0.25) is 0 Å². The third kappa shape index (κ3) is 5.51. The Labute approximate surface area is 159 Å². The second-order valence-electron chi connectivity index (χ2n) is 6.74. The first-order chi connectivity index (χ1) is 13.2. The maximum Gasteiger partial charge on any atom is 0.118 e. The van der Waals surface area contributed by atoms with Gasteiger partial charge < -0.3 is 19.7 Å². The van der Waals surface area contributed by atoms with E-state index in [1.54, 1.807) is 12.2 Å². The van der Waals surface area contributed by atoms with Crippen molar-refractivity contribution in [2.75, 3.05) is 26.8 Å². The number of methoxy groups -OCH3 is 1. The summed E-state index contributed by atoms with van der Waals surface area (Å²) in [4.78, 5) is 5.90. The smallest absolute Gasteiger partial charge is 0.118 e. The molecule has 6 nitrogen and oxygen atoms in total. The summed E-state index contributed by atoms with van der Waals surface area (Å²) < 4.78 is 11.1. The first-order valence-electron chi connectivity index (χ1n) is 9.15. The van der Waals surface area contributed by atoms with Crippen molar-refractivity contribution in [2.24, 2.45) is 5.92 Å². The van der Waals surface area contributed by atoms with Crippen LogP contribution < -0.4 is 4.74 Å². The summed E-state index contributed by atoms with van der Waals surface area (Å²) in [5.41, 5.74) is 2.06. The van der Waals surface area contributed by atoms with E-state index in [4.69, 9.17) is 14.3 Å². The maximum atomic E-state index is 10.5. The molecule has 2 N–H and O–H groups in total. The van der Waals surface area contributed by atoms with Crippen molar-refractivity contribution >= 4 is 0 Å². The standard InChI is InChI=1S/C21H27NO5/c1-25-19-9-7-17(8-10-19)15-27-22-11-18(13-23)21(24)20(12-22)26-14-16-5-3-2-4-6-16/h2-10,18,20-21,23-24H,11-15H2,1H3/t18-,20-,21-/m1/s1. The van der Waals surface area contributed by atoms with E-state index in [1.807, 2.05) is 54.6 Å². The Bertz CT molecular complexity index is 679. The van der Waals surface area contributed by atoms with E-state index < -0.39 is 12.2 Å². The lowest BCUT2D eigenvalue weighted by molar-refractivity contribution is -0.240. The number of aliphatic hydroxyl groups excluding tert-OH is 2. The maximum absolute atomic E-state index is 10.5. The van der Waals surface area contributed by atoms with Gasteiger partial charge in [-0.3, -0.25) is 4.84 Å². The van der Waals surface area contributed by atoms with E-state index in [9.17, 15) is 10.2 Å². The molecule has 3 rings (SSSR count). The fourth-order valence-corrected chi connectivity index (χ4v) is 3.14. The highest BCUT2D eigenvalue weighted by molar-refractivity contribution is 5.26. The van der Waals surface area contributed by atoms with Gasteiger partial charge in [0, 0.05) is 19.1 Å². The number of ether oxygens (including phenoxy) is 2. The van der Waals surface area contributed by atoms with Crippen molar-refractivity contribution in [2.45, 2.75) is 25.4 Å². The van der Waals surface area contributed by atoms with Gasteiger partial charge in [0.15, 0.2) is 0 Å². The Balaban J connectivity index is 1.56. The van der Waals surface area contributed by atoms with Crippen molar-refractivity contribution in [3.05, 3.63) is 65.7 Å². The van der Waals surface area contributed by atoms with Gasteiger partial charge in [-0.25, -0.2) is 0 Å². The van der Waals surface area contributed by atoms with Gasteiger partial charge in [0.25, 0.3) is 0 Å². The van der Waals surface area contributed by atoms with Crippen molar-refractivity contribution in [3.63, 3.8) is 0 Å². The quantitative estimate of drug-likeness (QED) is 0.738. The Kier molecular flexibility index (Phi) is 7.20. The molecule has 27 heavy (non-hydrogen) atoms. The molecule has 2 aromatic carbocycles. The molecule has 0 bridgehead atoms. The van der Waals surface area contributed by atoms with Crippen LogP contribution in [-0.4, -0.2) is 54.3 Å². The predicted molar refractivity (Wildman–Crippen MR) is 101 cm³/mol. The summed E-state index contributed by atoms with van der Waals surface area (Å²) in [7, 11) is 1.63. The molecule has 0 unspecified atom stereocenters. The lowest BCUT2D eigenvalue weighted by Gasteiger charge is -2.39.